The molecule has 35 heavy (non-hydrogen) atoms. The Bertz CT molecular complexity index is 1200. The van der Waals surface area contributed by atoms with Crippen molar-refractivity contribution in [3.8, 4) is 11.5 Å². The Morgan fingerprint density at radius 1 is 0.971 bits per heavy atom. The number of carbonyl (C=O) groups excluding carboxylic acids is 2. The third kappa shape index (κ3) is 6.99. The first-order valence-corrected chi connectivity index (χ1v) is 11.6. The average Bonchev–Trinajstić information content (AvgIpc) is 2.84. The van der Waals surface area contributed by atoms with Crippen molar-refractivity contribution in [1.29, 1.82) is 0 Å². The van der Waals surface area contributed by atoms with Gasteiger partial charge in [-0.15, -0.1) is 5.11 Å². The standard InChI is InChI=1S/C28H31N3O4/c1-5-35-25-18-24(32)22(26(33)20-9-7-6-8-10-20)17-23(25)31-30-21-13-11-19(12-14-21)15-16-29-27(34)28(2,3)4/h6-14,17-18,32H,5,15-16H2,1-4H3,(H,29,34)/b31-30+. The summed E-state index contributed by atoms with van der Waals surface area (Å²) in [5.74, 6) is -0.133. The second kappa shape index (κ2) is 11.4. The number of phenolic OH excluding ortho intramolecular Hbond substituents is 1. The lowest BCUT2D eigenvalue weighted by atomic mass is 9.95. The molecule has 3 aromatic carbocycles. The van der Waals surface area contributed by atoms with Crippen LogP contribution in [-0.2, 0) is 11.2 Å². The van der Waals surface area contributed by atoms with Gasteiger partial charge in [0.2, 0.25) is 5.91 Å². The van der Waals surface area contributed by atoms with Crippen LogP contribution >= 0.6 is 0 Å². The zero-order valence-corrected chi connectivity index (χ0v) is 20.5. The zero-order chi connectivity index (χ0) is 25.4. The topological polar surface area (TPSA) is 100 Å². The van der Waals surface area contributed by atoms with E-state index in [4.69, 9.17) is 4.74 Å². The second-order valence-electron chi connectivity index (χ2n) is 9.09. The van der Waals surface area contributed by atoms with Crippen molar-refractivity contribution >= 4 is 23.1 Å². The lowest BCUT2D eigenvalue weighted by Gasteiger charge is -2.17. The van der Waals surface area contributed by atoms with E-state index in [1.54, 1.807) is 24.3 Å². The Labute approximate surface area is 205 Å². The van der Waals surface area contributed by atoms with Crippen molar-refractivity contribution in [2.24, 2.45) is 15.6 Å². The summed E-state index contributed by atoms with van der Waals surface area (Å²) >= 11 is 0. The van der Waals surface area contributed by atoms with E-state index in [0.717, 1.165) is 5.56 Å². The van der Waals surface area contributed by atoms with Crippen LogP contribution in [-0.4, -0.2) is 29.9 Å². The van der Waals surface area contributed by atoms with Gasteiger partial charge in [-0.05, 0) is 37.1 Å². The number of amides is 1. The van der Waals surface area contributed by atoms with Crippen molar-refractivity contribution in [2.45, 2.75) is 34.1 Å². The van der Waals surface area contributed by atoms with Crippen LogP contribution in [0.25, 0.3) is 0 Å². The molecule has 0 spiro atoms. The normalized spacial score (nSPS) is 11.4. The van der Waals surface area contributed by atoms with Crippen LogP contribution in [0.5, 0.6) is 11.5 Å². The van der Waals surface area contributed by atoms with Crippen molar-refractivity contribution in [3.63, 3.8) is 0 Å². The molecule has 0 saturated carbocycles. The van der Waals surface area contributed by atoms with Gasteiger partial charge >= 0.3 is 0 Å². The van der Waals surface area contributed by atoms with E-state index in [2.05, 4.69) is 15.5 Å². The molecule has 0 aromatic heterocycles. The maximum absolute atomic E-state index is 12.9. The number of phenols is 1. The predicted molar refractivity (Wildman–Crippen MR) is 136 cm³/mol. The molecular formula is C28H31N3O4. The second-order valence-corrected chi connectivity index (χ2v) is 9.09. The Kier molecular flexibility index (Phi) is 8.36. The number of ketones is 1. The number of nitrogens with one attached hydrogen (secondary N) is 1. The van der Waals surface area contributed by atoms with Crippen molar-refractivity contribution in [3.05, 3.63) is 83.4 Å². The first kappa shape index (κ1) is 25.6. The van der Waals surface area contributed by atoms with Gasteiger partial charge in [0.15, 0.2) is 11.5 Å². The fourth-order valence-electron chi connectivity index (χ4n) is 3.26. The Morgan fingerprint density at radius 3 is 2.29 bits per heavy atom. The molecule has 0 aliphatic carbocycles. The maximum atomic E-state index is 12.9. The van der Waals surface area contributed by atoms with Gasteiger partial charge in [-0.1, -0.05) is 63.2 Å². The van der Waals surface area contributed by atoms with E-state index in [1.807, 2.05) is 58.0 Å². The molecule has 1 amide bonds. The fraction of sp³-hybridized carbons (Fsp3) is 0.286. The Balaban J connectivity index is 1.75. The number of azo groups is 1. The molecule has 0 unspecified atom stereocenters. The number of hydrogen-bond donors (Lipinski definition) is 2. The van der Waals surface area contributed by atoms with Crippen LogP contribution < -0.4 is 10.1 Å². The van der Waals surface area contributed by atoms with Gasteiger partial charge in [0, 0.05) is 23.6 Å². The van der Waals surface area contributed by atoms with E-state index in [-0.39, 0.29) is 23.0 Å². The summed E-state index contributed by atoms with van der Waals surface area (Å²) in [5.41, 5.74) is 2.21. The molecule has 0 saturated heterocycles. The van der Waals surface area contributed by atoms with Gasteiger partial charge in [0.1, 0.15) is 11.4 Å². The lowest BCUT2D eigenvalue weighted by Crippen LogP contribution is -2.35. The third-order valence-electron chi connectivity index (χ3n) is 5.25. The molecule has 0 fully saturated rings. The molecule has 3 aromatic rings. The number of hydrogen-bond acceptors (Lipinski definition) is 6. The van der Waals surface area contributed by atoms with Gasteiger partial charge in [0.25, 0.3) is 0 Å². The molecule has 182 valence electrons. The quantitative estimate of drug-likeness (QED) is 0.288. The van der Waals surface area contributed by atoms with Gasteiger partial charge in [-0.25, -0.2) is 0 Å². The minimum absolute atomic E-state index is 0.0204. The van der Waals surface area contributed by atoms with Gasteiger partial charge in [-0.2, -0.15) is 5.11 Å². The number of ether oxygens (including phenoxy) is 1. The molecule has 0 heterocycles. The van der Waals surface area contributed by atoms with E-state index >= 15 is 0 Å². The van der Waals surface area contributed by atoms with Crippen LogP contribution in [0.3, 0.4) is 0 Å². The fourth-order valence-corrected chi connectivity index (χ4v) is 3.26. The first-order valence-electron chi connectivity index (χ1n) is 11.6. The monoisotopic (exact) mass is 473 g/mol. The summed E-state index contributed by atoms with van der Waals surface area (Å²) in [6, 6.07) is 19.2. The highest BCUT2D eigenvalue weighted by Crippen LogP contribution is 2.36. The third-order valence-corrected chi connectivity index (χ3v) is 5.25. The Hall–Kier alpha value is -4.00. The summed E-state index contributed by atoms with van der Waals surface area (Å²) in [4.78, 5) is 24.9. The predicted octanol–water partition coefficient (Wildman–Crippen LogP) is 6.14. The van der Waals surface area contributed by atoms with Crippen LogP contribution in [0, 0.1) is 5.41 Å². The van der Waals surface area contributed by atoms with Gasteiger partial charge < -0.3 is 15.2 Å². The summed E-state index contributed by atoms with van der Waals surface area (Å²) in [6.45, 7) is 8.40. The highest BCUT2D eigenvalue weighted by atomic mass is 16.5. The average molecular weight is 474 g/mol. The molecule has 0 aliphatic rings. The smallest absolute Gasteiger partial charge is 0.225 e. The highest BCUT2D eigenvalue weighted by Gasteiger charge is 2.20. The number of nitrogens with zero attached hydrogens (tertiary/aromatic N) is 2. The number of rotatable bonds is 9. The van der Waals surface area contributed by atoms with Crippen molar-refractivity contribution in [2.75, 3.05) is 13.2 Å². The molecule has 0 aliphatic heterocycles. The van der Waals surface area contributed by atoms with Gasteiger partial charge in [-0.3, -0.25) is 9.59 Å². The Morgan fingerprint density at radius 2 is 1.66 bits per heavy atom. The molecule has 2 N–H and O–H groups in total. The minimum atomic E-state index is -0.412. The molecule has 0 bridgehead atoms. The summed E-state index contributed by atoms with van der Waals surface area (Å²) in [5, 5.41) is 22.0. The van der Waals surface area contributed by atoms with Crippen molar-refractivity contribution < 1.29 is 19.4 Å². The molecule has 0 radical (unpaired) electrons. The highest BCUT2D eigenvalue weighted by molar-refractivity contribution is 6.11. The van der Waals surface area contributed by atoms with E-state index in [9.17, 15) is 14.7 Å². The zero-order valence-electron chi connectivity index (χ0n) is 20.5. The summed E-state index contributed by atoms with van der Waals surface area (Å²) in [7, 11) is 0. The van der Waals surface area contributed by atoms with E-state index in [0.29, 0.717) is 42.3 Å². The van der Waals surface area contributed by atoms with Crippen LogP contribution in [0.15, 0.2) is 77.0 Å². The largest absolute Gasteiger partial charge is 0.507 e. The molecule has 7 nitrogen and oxygen atoms in total. The van der Waals surface area contributed by atoms with Crippen LogP contribution in [0.4, 0.5) is 11.4 Å². The number of benzene rings is 3. The minimum Gasteiger partial charge on any atom is -0.507 e. The maximum Gasteiger partial charge on any atom is 0.225 e. The van der Waals surface area contributed by atoms with Gasteiger partial charge in [0.05, 0.1) is 17.9 Å². The molecule has 7 heteroatoms. The van der Waals surface area contributed by atoms with Crippen molar-refractivity contribution in [1.82, 2.24) is 5.32 Å². The van der Waals surface area contributed by atoms with Crippen LogP contribution in [0.1, 0.15) is 49.2 Å². The van der Waals surface area contributed by atoms with E-state index < -0.39 is 5.41 Å². The summed E-state index contributed by atoms with van der Waals surface area (Å²) in [6.07, 6.45) is 0.705. The molecule has 0 atom stereocenters. The first-order chi connectivity index (χ1) is 16.7. The van der Waals surface area contributed by atoms with E-state index in [1.165, 1.54) is 12.1 Å². The lowest BCUT2D eigenvalue weighted by molar-refractivity contribution is -0.128. The number of carbonyl (C=O) groups is 2. The number of aromatic hydroxyl groups is 1. The van der Waals surface area contributed by atoms with Crippen LogP contribution in [0.2, 0.25) is 0 Å². The molecule has 3 rings (SSSR count). The SMILES string of the molecule is CCOc1cc(O)c(C(=O)c2ccccc2)cc1/N=N/c1ccc(CCNC(=O)C(C)(C)C)cc1. The molecular weight excluding hydrogens is 442 g/mol. The summed E-state index contributed by atoms with van der Waals surface area (Å²) < 4.78 is 5.59.